The normalized spacial score (nSPS) is 16.4. The SMILES string of the molecule is CCNC(=NCC(C)c1ccccc1OC)N(C)CCC1CCOCC1.I. The number of ether oxygens (including phenoxy) is 2. The molecule has 0 aromatic heterocycles. The summed E-state index contributed by atoms with van der Waals surface area (Å²) in [5, 5.41) is 3.43. The van der Waals surface area contributed by atoms with Crippen LogP contribution in [0.3, 0.4) is 0 Å². The summed E-state index contributed by atoms with van der Waals surface area (Å²) in [5.74, 6) is 3.01. The lowest BCUT2D eigenvalue weighted by Gasteiger charge is -2.27. The van der Waals surface area contributed by atoms with Gasteiger partial charge in [-0.2, -0.15) is 0 Å². The lowest BCUT2D eigenvalue weighted by Crippen LogP contribution is -2.40. The highest BCUT2D eigenvalue weighted by Crippen LogP contribution is 2.26. The summed E-state index contributed by atoms with van der Waals surface area (Å²) in [7, 11) is 3.86. The molecule has 0 spiro atoms. The fraction of sp³-hybridized carbons (Fsp3) is 0.667. The molecule has 2 rings (SSSR count). The van der Waals surface area contributed by atoms with E-state index >= 15 is 0 Å². The molecule has 0 radical (unpaired) electrons. The number of nitrogens with zero attached hydrogens (tertiary/aromatic N) is 2. The first-order valence-corrected chi connectivity index (χ1v) is 9.85. The van der Waals surface area contributed by atoms with Crippen LogP contribution in [0.15, 0.2) is 29.3 Å². The fourth-order valence-electron chi connectivity index (χ4n) is 3.38. The molecule has 1 unspecified atom stereocenters. The molecule has 1 aromatic rings. The van der Waals surface area contributed by atoms with Crippen molar-refractivity contribution in [1.82, 2.24) is 10.2 Å². The minimum absolute atomic E-state index is 0. The molecule has 1 atom stereocenters. The van der Waals surface area contributed by atoms with Gasteiger partial charge in [0.25, 0.3) is 0 Å². The van der Waals surface area contributed by atoms with Gasteiger partial charge in [0.2, 0.25) is 0 Å². The monoisotopic (exact) mass is 489 g/mol. The van der Waals surface area contributed by atoms with Crippen molar-refractivity contribution in [2.24, 2.45) is 10.9 Å². The van der Waals surface area contributed by atoms with Crippen LogP contribution in [0.2, 0.25) is 0 Å². The Morgan fingerprint density at radius 2 is 2.04 bits per heavy atom. The molecular formula is C21H36IN3O2. The molecule has 1 aliphatic heterocycles. The van der Waals surface area contributed by atoms with Crippen molar-refractivity contribution < 1.29 is 9.47 Å². The van der Waals surface area contributed by atoms with Crippen LogP contribution in [-0.2, 0) is 4.74 Å². The Morgan fingerprint density at radius 3 is 2.70 bits per heavy atom. The first-order valence-electron chi connectivity index (χ1n) is 9.85. The Kier molecular flexibility index (Phi) is 11.7. The number of methoxy groups -OCH3 is 1. The van der Waals surface area contributed by atoms with Gasteiger partial charge in [0.05, 0.1) is 7.11 Å². The summed E-state index contributed by atoms with van der Waals surface area (Å²) in [5.41, 5.74) is 1.21. The highest BCUT2D eigenvalue weighted by atomic mass is 127. The number of benzene rings is 1. The van der Waals surface area contributed by atoms with E-state index in [1.165, 1.54) is 24.8 Å². The highest BCUT2D eigenvalue weighted by Gasteiger charge is 2.16. The van der Waals surface area contributed by atoms with Crippen LogP contribution in [-0.4, -0.2) is 57.9 Å². The molecule has 0 amide bonds. The third kappa shape index (κ3) is 7.86. The van der Waals surface area contributed by atoms with Crippen LogP contribution < -0.4 is 10.1 Å². The molecule has 1 saturated heterocycles. The van der Waals surface area contributed by atoms with Gasteiger partial charge >= 0.3 is 0 Å². The van der Waals surface area contributed by atoms with E-state index in [2.05, 4.69) is 43.2 Å². The van der Waals surface area contributed by atoms with Gasteiger partial charge in [0.1, 0.15) is 5.75 Å². The predicted octanol–water partition coefficient (Wildman–Crippen LogP) is 4.13. The maximum atomic E-state index is 5.49. The largest absolute Gasteiger partial charge is 0.496 e. The van der Waals surface area contributed by atoms with E-state index in [0.717, 1.165) is 50.5 Å². The van der Waals surface area contributed by atoms with Crippen LogP contribution in [0.4, 0.5) is 0 Å². The van der Waals surface area contributed by atoms with E-state index in [1.807, 2.05) is 12.1 Å². The molecule has 1 heterocycles. The average molecular weight is 489 g/mol. The quantitative estimate of drug-likeness (QED) is 0.339. The van der Waals surface area contributed by atoms with Crippen LogP contribution in [0.25, 0.3) is 0 Å². The van der Waals surface area contributed by atoms with E-state index in [0.29, 0.717) is 5.92 Å². The molecule has 1 aromatic carbocycles. The van der Waals surface area contributed by atoms with Crippen molar-refractivity contribution in [2.75, 3.05) is 47.0 Å². The Bertz CT molecular complexity index is 562. The standard InChI is InChI=1S/C21H35N3O2.HI/c1-5-22-21(24(3)13-10-18-11-14-26-15-12-18)23-16-17(2)19-8-6-7-9-20(19)25-4;/h6-9,17-18H,5,10-16H2,1-4H3,(H,22,23);1H. The van der Waals surface area contributed by atoms with Crippen molar-refractivity contribution >= 4 is 29.9 Å². The van der Waals surface area contributed by atoms with E-state index in [4.69, 9.17) is 14.5 Å². The first kappa shape index (κ1) is 24.0. The third-order valence-electron chi connectivity index (χ3n) is 5.09. The number of nitrogens with one attached hydrogen (secondary N) is 1. The van der Waals surface area contributed by atoms with Crippen LogP contribution >= 0.6 is 24.0 Å². The summed E-state index contributed by atoms with van der Waals surface area (Å²) in [6, 6.07) is 8.21. The lowest BCUT2D eigenvalue weighted by atomic mass is 9.96. The molecule has 0 aliphatic carbocycles. The van der Waals surface area contributed by atoms with Crippen molar-refractivity contribution in [2.45, 2.75) is 39.0 Å². The Labute approximate surface area is 181 Å². The Morgan fingerprint density at radius 1 is 1.33 bits per heavy atom. The van der Waals surface area contributed by atoms with Gasteiger partial charge in [-0.25, -0.2) is 0 Å². The zero-order valence-corrected chi connectivity index (χ0v) is 19.6. The van der Waals surface area contributed by atoms with E-state index in [1.54, 1.807) is 7.11 Å². The van der Waals surface area contributed by atoms with Crippen molar-refractivity contribution in [1.29, 1.82) is 0 Å². The molecular weight excluding hydrogens is 453 g/mol. The molecule has 154 valence electrons. The second kappa shape index (κ2) is 13.2. The number of aliphatic imine (C=N–C) groups is 1. The molecule has 5 nitrogen and oxygen atoms in total. The molecule has 6 heteroatoms. The number of guanidine groups is 1. The van der Waals surface area contributed by atoms with Gasteiger partial charge in [-0.15, -0.1) is 24.0 Å². The van der Waals surface area contributed by atoms with Crippen molar-refractivity contribution in [3.63, 3.8) is 0 Å². The van der Waals surface area contributed by atoms with Crippen LogP contribution in [0.1, 0.15) is 44.6 Å². The minimum Gasteiger partial charge on any atom is -0.496 e. The molecule has 1 aliphatic rings. The van der Waals surface area contributed by atoms with Gasteiger partial charge in [0, 0.05) is 45.8 Å². The maximum absolute atomic E-state index is 5.49. The van der Waals surface area contributed by atoms with Gasteiger partial charge in [0.15, 0.2) is 5.96 Å². The number of para-hydroxylation sites is 1. The number of hydrogen-bond donors (Lipinski definition) is 1. The van der Waals surface area contributed by atoms with Crippen molar-refractivity contribution in [3.05, 3.63) is 29.8 Å². The summed E-state index contributed by atoms with van der Waals surface area (Å²) in [6.07, 6.45) is 3.57. The molecule has 0 saturated carbocycles. The van der Waals surface area contributed by atoms with Crippen molar-refractivity contribution in [3.8, 4) is 5.75 Å². The second-order valence-corrected chi connectivity index (χ2v) is 7.10. The molecule has 27 heavy (non-hydrogen) atoms. The van der Waals surface area contributed by atoms with Gasteiger partial charge < -0.3 is 19.7 Å². The van der Waals surface area contributed by atoms with E-state index in [9.17, 15) is 0 Å². The Hall–Kier alpha value is -1.02. The summed E-state index contributed by atoms with van der Waals surface area (Å²) < 4.78 is 10.9. The second-order valence-electron chi connectivity index (χ2n) is 7.10. The minimum atomic E-state index is 0. The number of hydrogen-bond acceptors (Lipinski definition) is 3. The van der Waals surface area contributed by atoms with Crippen LogP contribution in [0.5, 0.6) is 5.75 Å². The lowest BCUT2D eigenvalue weighted by molar-refractivity contribution is 0.0625. The van der Waals surface area contributed by atoms with Crippen LogP contribution in [0, 0.1) is 5.92 Å². The number of halogens is 1. The molecule has 1 N–H and O–H groups in total. The van der Waals surface area contributed by atoms with E-state index in [-0.39, 0.29) is 24.0 Å². The predicted molar refractivity (Wildman–Crippen MR) is 124 cm³/mol. The van der Waals surface area contributed by atoms with Gasteiger partial charge in [-0.05, 0) is 43.7 Å². The van der Waals surface area contributed by atoms with Gasteiger partial charge in [-0.3, -0.25) is 4.99 Å². The number of rotatable bonds is 8. The molecule has 0 bridgehead atoms. The summed E-state index contributed by atoms with van der Waals surface area (Å²) in [6.45, 7) is 8.80. The zero-order valence-electron chi connectivity index (χ0n) is 17.2. The fourth-order valence-corrected chi connectivity index (χ4v) is 3.38. The van der Waals surface area contributed by atoms with E-state index < -0.39 is 0 Å². The first-order chi connectivity index (χ1) is 12.7. The van der Waals surface area contributed by atoms with Gasteiger partial charge in [-0.1, -0.05) is 25.1 Å². The topological polar surface area (TPSA) is 46.1 Å². The molecule has 1 fully saturated rings. The summed E-state index contributed by atoms with van der Waals surface area (Å²) >= 11 is 0. The Balaban J connectivity index is 0.00000364. The highest BCUT2D eigenvalue weighted by molar-refractivity contribution is 14.0. The zero-order chi connectivity index (χ0) is 18.8. The maximum Gasteiger partial charge on any atom is 0.193 e. The third-order valence-corrected chi connectivity index (χ3v) is 5.09. The average Bonchev–Trinajstić information content (AvgIpc) is 2.69. The summed E-state index contributed by atoms with van der Waals surface area (Å²) in [4.78, 5) is 7.14. The smallest absolute Gasteiger partial charge is 0.193 e.